The quantitative estimate of drug-likeness (QED) is 0.861. The van der Waals surface area contributed by atoms with Crippen LogP contribution in [0.4, 0.5) is 0 Å². The van der Waals surface area contributed by atoms with Crippen LogP contribution in [0.3, 0.4) is 0 Å². The van der Waals surface area contributed by atoms with Crippen LogP contribution in [0.1, 0.15) is 37.4 Å². The van der Waals surface area contributed by atoms with Crippen molar-refractivity contribution in [1.82, 2.24) is 15.6 Å². The molecule has 2 rings (SSSR count). The Morgan fingerprint density at radius 2 is 2.39 bits per heavy atom. The van der Waals surface area contributed by atoms with Crippen LogP contribution in [0.5, 0.6) is 0 Å². The topological polar surface area (TPSA) is 37.0 Å². The third-order valence-corrected chi connectivity index (χ3v) is 4.78. The van der Waals surface area contributed by atoms with Crippen molar-refractivity contribution in [3.63, 3.8) is 0 Å². The van der Waals surface area contributed by atoms with Gasteiger partial charge in [-0.15, -0.1) is 11.3 Å². The molecule has 0 radical (unpaired) electrons. The van der Waals surface area contributed by atoms with Crippen LogP contribution < -0.4 is 10.6 Å². The van der Waals surface area contributed by atoms with E-state index >= 15 is 0 Å². The molecule has 1 saturated heterocycles. The molecule has 1 aromatic rings. The number of aromatic nitrogens is 1. The Morgan fingerprint density at radius 3 is 3.00 bits per heavy atom. The normalized spacial score (nSPS) is 21.2. The Labute approximate surface area is 114 Å². The third kappa shape index (κ3) is 3.77. The summed E-state index contributed by atoms with van der Waals surface area (Å²) in [6.45, 7) is 11.1. The summed E-state index contributed by atoms with van der Waals surface area (Å²) in [4.78, 5) is 4.49. The lowest BCUT2D eigenvalue weighted by Crippen LogP contribution is -2.43. The van der Waals surface area contributed by atoms with Crippen molar-refractivity contribution in [2.45, 2.75) is 40.2 Å². The van der Waals surface area contributed by atoms with E-state index in [9.17, 15) is 0 Å². The van der Waals surface area contributed by atoms with Crippen LogP contribution >= 0.6 is 11.3 Å². The Balaban J connectivity index is 1.77. The fourth-order valence-corrected chi connectivity index (χ4v) is 3.28. The van der Waals surface area contributed by atoms with E-state index in [1.165, 1.54) is 31.6 Å². The van der Waals surface area contributed by atoms with Crippen LogP contribution in [0.2, 0.25) is 0 Å². The number of hydrogen-bond acceptors (Lipinski definition) is 4. The summed E-state index contributed by atoms with van der Waals surface area (Å²) in [6, 6.07) is 0. The number of nitrogens with one attached hydrogen (secondary N) is 2. The standard InChI is InChI=1S/C14H25N3S/c1-11-17-13(9-18-11)8-16-10-14(2,3)12-5-4-6-15-7-12/h9,12,15-16H,4-8,10H2,1-3H3. The van der Waals surface area contributed by atoms with Gasteiger partial charge in [-0.3, -0.25) is 0 Å². The molecule has 0 amide bonds. The second kappa shape index (κ2) is 6.13. The van der Waals surface area contributed by atoms with E-state index in [1.807, 2.05) is 0 Å². The lowest BCUT2D eigenvalue weighted by molar-refractivity contribution is 0.166. The molecule has 0 aromatic carbocycles. The maximum atomic E-state index is 4.49. The molecule has 0 aliphatic carbocycles. The fourth-order valence-electron chi connectivity index (χ4n) is 2.67. The molecule has 0 bridgehead atoms. The molecule has 1 fully saturated rings. The molecule has 0 spiro atoms. The number of rotatable bonds is 5. The molecule has 0 saturated carbocycles. The van der Waals surface area contributed by atoms with Crippen molar-refractivity contribution < 1.29 is 0 Å². The summed E-state index contributed by atoms with van der Waals surface area (Å²) >= 11 is 1.73. The molecule has 18 heavy (non-hydrogen) atoms. The van der Waals surface area contributed by atoms with E-state index in [0.29, 0.717) is 5.41 Å². The highest BCUT2D eigenvalue weighted by Crippen LogP contribution is 2.31. The third-order valence-electron chi connectivity index (χ3n) is 3.96. The molecule has 2 N–H and O–H groups in total. The van der Waals surface area contributed by atoms with Gasteiger partial charge in [0, 0.05) is 18.5 Å². The SMILES string of the molecule is Cc1nc(CNCC(C)(C)C2CCCNC2)cs1. The average Bonchev–Trinajstić information content (AvgIpc) is 2.76. The van der Waals surface area contributed by atoms with Crippen molar-refractivity contribution in [3.8, 4) is 0 Å². The predicted octanol–water partition coefficient (Wildman–Crippen LogP) is 2.57. The van der Waals surface area contributed by atoms with Crippen LogP contribution in [-0.4, -0.2) is 24.6 Å². The zero-order chi connectivity index (χ0) is 13.0. The first-order chi connectivity index (χ1) is 8.58. The molecular weight excluding hydrogens is 242 g/mol. The van der Waals surface area contributed by atoms with Crippen molar-refractivity contribution in [1.29, 1.82) is 0 Å². The van der Waals surface area contributed by atoms with Gasteiger partial charge in [0.1, 0.15) is 0 Å². The molecule has 4 heteroatoms. The van der Waals surface area contributed by atoms with Crippen molar-refractivity contribution in [2.24, 2.45) is 11.3 Å². The molecule has 2 heterocycles. The second-order valence-corrected chi connectivity index (χ2v) is 7.06. The van der Waals surface area contributed by atoms with E-state index < -0.39 is 0 Å². The molecule has 1 unspecified atom stereocenters. The van der Waals surface area contributed by atoms with Gasteiger partial charge in [-0.25, -0.2) is 4.98 Å². The summed E-state index contributed by atoms with van der Waals surface area (Å²) in [5, 5.41) is 10.4. The molecular formula is C14H25N3S. The van der Waals surface area contributed by atoms with E-state index in [4.69, 9.17) is 0 Å². The van der Waals surface area contributed by atoms with E-state index in [1.54, 1.807) is 11.3 Å². The minimum absolute atomic E-state index is 0.360. The van der Waals surface area contributed by atoms with Gasteiger partial charge in [-0.05, 0) is 44.2 Å². The van der Waals surface area contributed by atoms with Gasteiger partial charge >= 0.3 is 0 Å². The van der Waals surface area contributed by atoms with Gasteiger partial charge in [-0.2, -0.15) is 0 Å². The first kappa shape index (κ1) is 14.0. The summed E-state index contributed by atoms with van der Waals surface area (Å²) in [6.07, 6.45) is 2.68. The molecule has 3 nitrogen and oxygen atoms in total. The first-order valence-electron chi connectivity index (χ1n) is 6.90. The Hall–Kier alpha value is -0.450. The van der Waals surface area contributed by atoms with Crippen molar-refractivity contribution in [2.75, 3.05) is 19.6 Å². The Morgan fingerprint density at radius 1 is 1.56 bits per heavy atom. The highest BCUT2D eigenvalue weighted by Gasteiger charge is 2.30. The van der Waals surface area contributed by atoms with Gasteiger partial charge in [0.15, 0.2) is 0 Å². The predicted molar refractivity (Wildman–Crippen MR) is 77.9 cm³/mol. The molecule has 1 aromatic heterocycles. The smallest absolute Gasteiger partial charge is 0.0897 e. The van der Waals surface area contributed by atoms with Crippen LogP contribution in [0.25, 0.3) is 0 Å². The molecule has 1 aliphatic rings. The van der Waals surface area contributed by atoms with Crippen LogP contribution in [-0.2, 0) is 6.54 Å². The van der Waals surface area contributed by atoms with Crippen molar-refractivity contribution in [3.05, 3.63) is 16.1 Å². The van der Waals surface area contributed by atoms with Gasteiger partial charge in [0.25, 0.3) is 0 Å². The number of nitrogens with zero attached hydrogens (tertiary/aromatic N) is 1. The highest BCUT2D eigenvalue weighted by atomic mass is 32.1. The van der Waals surface area contributed by atoms with Gasteiger partial charge in [0.05, 0.1) is 10.7 Å². The Bertz CT molecular complexity index is 367. The van der Waals surface area contributed by atoms with E-state index in [0.717, 1.165) is 24.0 Å². The lowest BCUT2D eigenvalue weighted by atomic mass is 9.75. The maximum absolute atomic E-state index is 4.49. The second-order valence-electron chi connectivity index (χ2n) is 5.99. The lowest BCUT2D eigenvalue weighted by Gasteiger charge is -2.37. The number of aryl methyl sites for hydroxylation is 1. The molecule has 1 aliphatic heterocycles. The first-order valence-corrected chi connectivity index (χ1v) is 7.78. The zero-order valence-corrected chi connectivity index (χ0v) is 12.6. The zero-order valence-electron chi connectivity index (χ0n) is 11.8. The monoisotopic (exact) mass is 267 g/mol. The van der Waals surface area contributed by atoms with Gasteiger partial charge < -0.3 is 10.6 Å². The summed E-state index contributed by atoms with van der Waals surface area (Å²) in [5.74, 6) is 0.788. The minimum Gasteiger partial charge on any atom is -0.316 e. The highest BCUT2D eigenvalue weighted by molar-refractivity contribution is 7.09. The average molecular weight is 267 g/mol. The summed E-state index contributed by atoms with van der Waals surface area (Å²) in [7, 11) is 0. The summed E-state index contributed by atoms with van der Waals surface area (Å²) in [5.41, 5.74) is 1.54. The van der Waals surface area contributed by atoms with Crippen molar-refractivity contribution >= 4 is 11.3 Å². The van der Waals surface area contributed by atoms with Gasteiger partial charge in [-0.1, -0.05) is 13.8 Å². The van der Waals surface area contributed by atoms with E-state index in [-0.39, 0.29) is 0 Å². The van der Waals surface area contributed by atoms with E-state index in [2.05, 4.69) is 41.8 Å². The number of thiazole rings is 1. The fraction of sp³-hybridized carbons (Fsp3) is 0.786. The van der Waals surface area contributed by atoms with Crippen LogP contribution in [0.15, 0.2) is 5.38 Å². The number of hydrogen-bond donors (Lipinski definition) is 2. The minimum atomic E-state index is 0.360. The maximum Gasteiger partial charge on any atom is 0.0897 e. The van der Waals surface area contributed by atoms with Gasteiger partial charge in [0.2, 0.25) is 0 Å². The number of piperidine rings is 1. The summed E-state index contributed by atoms with van der Waals surface area (Å²) < 4.78 is 0. The largest absolute Gasteiger partial charge is 0.316 e. The Kier molecular flexibility index (Phi) is 4.76. The van der Waals surface area contributed by atoms with Crippen LogP contribution in [0, 0.1) is 18.3 Å². The molecule has 1 atom stereocenters. The molecule has 102 valence electrons.